The lowest BCUT2D eigenvalue weighted by Gasteiger charge is -2.09. The van der Waals surface area contributed by atoms with Crippen molar-refractivity contribution in [1.82, 2.24) is 0 Å². The van der Waals surface area contributed by atoms with Gasteiger partial charge in [-0.25, -0.2) is 4.79 Å². The predicted octanol–water partition coefficient (Wildman–Crippen LogP) is 4.12. The van der Waals surface area contributed by atoms with Crippen molar-refractivity contribution in [2.75, 3.05) is 14.2 Å². The standard InChI is InChI=1S/C19H18O5/c1-12-17-15(23-11-13-6-4-7-14(10-13)21-2)8-5-9-16(17)24-18(12)19(20)22-3/h4-10H,11H2,1-3H3. The van der Waals surface area contributed by atoms with E-state index in [9.17, 15) is 4.79 Å². The number of furan rings is 1. The third-order valence-electron chi connectivity index (χ3n) is 3.81. The smallest absolute Gasteiger partial charge is 0.374 e. The van der Waals surface area contributed by atoms with Crippen LogP contribution in [-0.4, -0.2) is 20.2 Å². The first-order valence-electron chi connectivity index (χ1n) is 7.50. The van der Waals surface area contributed by atoms with Crippen LogP contribution in [0.4, 0.5) is 0 Å². The summed E-state index contributed by atoms with van der Waals surface area (Å²) < 4.78 is 21.5. The highest BCUT2D eigenvalue weighted by Gasteiger charge is 2.20. The van der Waals surface area contributed by atoms with Gasteiger partial charge in [-0.05, 0) is 36.8 Å². The molecule has 3 aromatic rings. The maximum absolute atomic E-state index is 11.8. The van der Waals surface area contributed by atoms with Crippen LogP contribution in [0.1, 0.15) is 21.7 Å². The van der Waals surface area contributed by atoms with E-state index in [0.717, 1.165) is 16.7 Å². The van der Waals surface area contributed by atoms with Gasteiger partial charge in [0.05, 0.1) is 19.6 Å². The topological polar surface area (TPSA) is 57.9 Å². The van der Waals surface area contributed by atoms with E-state index in [1.807, 2.05) is 43.3 Å². The van der Waals surface area contributed by atoms with Crippen molar-refractivity contribution < 1.29 is 23.4 Å². The zero-order chi connectivity index (χ0) is 17.1. The number of rotatable bonds is 5. The van der Waals surface area contributed by atoms with Gasteiger partial charge in [-0.1, -0.05) is 18.2 Å². The van der Waals surface area contributed by atoms with E-state index < -0.39 is 5.97 Å². The Kier molecular flexibility index (Phi) is 4.42. The lowest BCUT2D eigenvalue weighted by molar-refractivity contribution is 0.0566. The number of fused-ring (bicyclic) bond motifs is 1. The van der Waals surface area contributed by atoms with Gasteiger partial charge in [0, 0.05) is 5.56 Å². The van der Waals surface area contributed by atoms with Crippen LogP contribution in [0.3, 0.4) is 0 Å². The molecule has 0 N–H and O–H groups in total. The number of hydrogen-bond acceptors (Lipinski definition) is 5. The molecule has 5 heteroatoms. The average molecular weight is 326 g/mol. The first kappa shape index (κ1) is 15.9. The van der Waals surface area contributed by atoms with Gasteiger partial charge in [-0.2, -0.15) is 0 Å². The van der Waals surface area contributed by atoms with E-state index in [-0.39, 0.29) is 5.76 Å². The van der Waals surface area contributed by atoms with Gasteiger partial charge < -0.3 is 18.6 Å². The Morgan fingerprint density at radius 2 is 1.92 bits per heavy atom. The third kappa shape index (κ3) is 2.93. The highest BCUT2D eigenvalue weighted by atomic mass is 16.5. The van der Waals surface area contributed by atoms with Crippen molar-refractivity contribution in [2.24, 2.45) is 0 Å². The SMILES string of the molecule is COC(=O)c1oc2cccc(OCc3cccc(OC)c3)c2c1C. The second-order valence-corrected chi connectivity index (χ2v) is 5.32. The van der Waals surface area contributed by atoms with Crippen LogP contribution in [0.5, 0.6) is 11.5 Å². The molecule has 0 saturated carbocycles. The molecule has 0 radical (unpaired) electrons. The molecule has 0 unspecified atom stereocenters. The molecule has 0 aliphatic rings. The molecule has 1 heterocycles. The van der Waals surface area contributed by atoms with Gasteiger partial charge in [0.2, 0.25) is 5.76 Å². The number of carbonyl (C=O) groups excluding carboxylic acids is 1. The van der Waals surface area contributed by atoms with Gasteiger partial charge in [-0.3, -0.25) is 0 Å². The van der Waals surface area contributed by atoms with Crippen molar-refractivity contribution >= 4 is 16.9 Å². The minimum atomic E-state index is -0.498. The summed E-state index contributed by atoms with van der Waals surface area (Å²) in [6.07, 6.45) is 0. The average Bonchev–Trinajstić information content (AvgIpc) is 2.97. The molecule has 24 heavy (non-hydrogen) atoms. The Hall–Kier alpha value is -2.95. The predicted molar refractivity (Wildman–Crippen MR) is 89.6 cm³/mol. The molecule has 0 aliphatic heterocycles. The van der Waals surface area contributed by atoms with E-state index in [4.69, 9.17) is 18.6 Å². The molecular weight excluding hydrogens is 308 g/mol. The second kappa shape index (κ2) is 6.66. The third-order valence-corrected chi connectivity index (χ3v) is 3.81. The van der Waals surface area contributed by atoms with Crippen LogP contribution >= 0.6 is 0 Å². The number of methoxy groups -OCH3 is 2. The van der Waals surface area contributed by atoms with Crippen molar-refractivity contribution in [3.8, 4) is 11.5 Å². The zero-order valence-electron chi connectivity index (χ0n) is 13.8. The van der Waals surface area contributed by atoms with E-state index in [0.29, 0.717) is 23.5 Å². The Balaban J connectivity index is 1.92. The van der Waals surface area contributed by atoms with Crippen molar-refractivity contribution in [3.05, 3.63) is 59.4 Å². The zero-order valence-corrected chi connectivity index (χ0v) is 13.8. The van der Waals surface area contributed by atoms with Crippen molar-refractivity contribution in [2.45, 2.75) is 13.5 Å². The quantitative estimate of drug-likeness (QED) is 0.660. The van der Waals surface area contributed by atoms with E-state index in [1.165, 1.54) is 7.11 Å². The molecule has 2 aromatic carbocycles. The Labute approximate surface area is 139 Å². The van der Waals surface area contributed by atoms with E-state index in [1.54, 1.807) is 13.2 Å². The highest BCUT2D eigenvalue weighted by Crippen LogP contribution is 2.34. The minimum Gasteiger partial charge on any atom is -0.497 e. The molecule has 0 bridgehead atoms. The summed E-state index contributed by atoms with van der Waals surface area (Å²) in [7, 11) is 2.96. The van der Waals surface area contributed by atoms with Crippen LogP contribution < -0.4 is 9.47 Å². The summed E-state index contributed by atoms with van der Waals surface area (Å²) in [5.74, 6) is 1.14. The van der Waals surface area contributed by atoms with Crippen LogP contribution in [-0.2, 0) is 11.3 Å². The largest absolute Gasteiger partial charge is 0.497 e. The first-order chi connectivity index (χ1) is 11.6. The van der Waals surface area contributed by atoms with Gasteiger partial charge in [0.25, 0.3) is 0 Å². The number of esters is 1. The summed E-state index contributed by atoms with van der Waals surface area (Å²) >= 11 is 0. The number of aryl methyl sites for hydroxylation is 1. The van der Waals surface area contributed by atoms with Gasteiger partial charge in [-0.15, -0.1) is 0 Å². The number of carbonyl (C=O) groups is 1. The van der Waals surface area contributed by atoms with Gasteiger partial charge >= 0.3 is 5.97 Å². The summed E-state index contributed by atoms with van der Waals surface area (Å²) in [6.45, 7) is 2.20. The fourth-order valence-electron chi connectivity index (χ4n) is 2.60. The molecule has 0 atom stereocenters. The molecule has 124 valence electrons. The molecule has 5 nitrogen and oxygen atoms in total. The summed E-state index contributed by atoms with van der Waals surface area (Å²) in [4.78, 5) is 11.8. The maximum atomic E-state index is 11.8. The fraction of sp³-hybridized carbons (Fsp3) is 0.211. The molecule has 1 aromatic heterocycles. The summed E-state index contributed by atoms with van der Waals surface area (Å²) in [5, 5.41) is 0.779. The molecule has 3 rings (SSSR count). The lowest BCUT2D eigenvalue weighted by Crippen LogP contribution is -2.01. The normalized spacial score (nSPS) is 10.6. The molecule has 0 aliphatic carbocycles. The van der Waals surface area contributed by atoms with Crippen molar-refractivity contribution in [1.29, 1.82) is 0 Å². The van der Waals surface area contributed by atoms with E-state index in [2.05, 4.69) is 0 Å². The number of hydrogen-bond donors (Lipinski definition) is 0. The van der Waals surface area contributed by atoms with Gasteiger partial charge in [0.1, 0.15) is 23.7 Å². The van der Waals surface area contributed by atoms with Crippen LogP contribution in [0.15, 0.2) is 46.9 Å². The minimum absolute atomic E-state index is 0.199. The maximum Gasteiger partial charge on any atom is 0.374 e. The fourth-order valence-corrected chi connectivity index (χ4v) is 2.60. The van der Waals surface area contributed by atoms with Crippen LogP contribution in [0.2, 0.25) is 0 Å². The monoisotopic (exact) mass is 326 g/mol. The first-order valence-corrected chi connectivity index (χ1v) is 7.50. The van der Waals surface area contributed by atoms with Crippen LogP contribution in [0, 0.1) is 6.92 Å². The van der Waals surface area contributed by atoms with E-state index >= 15 is 0 Å². The van der Waals surface area contributed by atoms with Crippen molar-refractivity contribution in [3.63, 3.8) is 0 Å². The van der Waals surface area contributed by atoms with Crippen LogP contribution in [0.25, 0.3) is 11.0 Å². The molecule has 0 fully saturated rings. The number of benzene rings is 2. The second-order valence-electron chi connectivity index (χ2n) is 5.32. The Bertz CT molecular complexity index is 879. The molecule has 0 saturated heterocycles. The molecule has 0 spiro atoms. The Morgan fingerprint density at radius 3 is 2.67 bits per heavy atom. The lowest BCUT2D eigenvalue weighted by atomic mass is 10.1. The highest BCUT2D eigenvalue weighted by molar-refractivity contribution is 5.98. The van der Waals surface area contributed by atoms with Gasteiger partial charge in [0.15, 0.2) is 0 Å². The Morgan fingerprint density at radius 1 is 1.12 bits per heavy atom. The molecular formula is C19H18O5. The number of ether oxygens (including phenoxy) is 3. The summed E-state index contributed by atoms with van der Waals surface area (Å²) in [5.41, 5.74) is 2.29. The summed E-state index contributed by atoms with van der Waals surface area (Å²) in [6, 6.07) is 13.2. The molecule has 0 amide bonds.